The summed E-state index contributed by atoms with van der Waals surface area (Å²) in [6.07, 6.45) is 6.19. The zero-order chi connectivity index (χ0) is 19.6. The van der Waals surface area contributed by atoms with Crippen LogP contribution in [0.1, 0.15) is 43.2 Å². The van der Waals surface area contributed by atoms with Gasteiger partial charge in [-0.05, 0) is 62.2 Å². The zero-order valence-corrected chi connectivity index (χ0v) is 16.2. The molecular formula is C22H25N3O2. The van der Waals surface area contributed by atoms with E-state index in [1.165, 1.54) is 0 Å². The van der Waals surface area contributed by atoms with E-state index in [2.05, 4.69) is 15.3 Å². The molecule has 0 bridgehead atoms. The SMILES string of the molecule is C\C=C(/C=N\C(NC(=O)c1ccc(OC)cc1)=C(/C)CC)c1ccccn1. The summed E-state index contributed by atoms with van der Waals surface area (Å²) in [6, 6.07) is 12.7. The fourth-order valence-corrected chi connectivity index (χ4v) is 2.29. The molecule has 1 aromatic carbocycles. The summed E-state index contributed by atoms with van der Waals surface area (Å²) in [4.78, 5) is 21.4. The van der Waals surface area contributed by atoms with Crippen LogP contribution in [0.25, 0.3) is 5.57 Å². The molecule has 0 aliphatic heterocycles. The summed E-state index contributed by atoms with van der Waals surface area (Å²) < 4.78 is 5.13. The first kappa shape index (κ1) is 20.1. The Balaban J connectivity index is 2.21. The van der Waals surface area contributed by atoms with Crippen molar-refractivity contribution in [2.45, 2.75) is 27.2 Å². The van der Waals surface area contributed by atoms with Gasteiger partial charge in [-0.25, -0.2) is 4.99 Å². The predicted molar refractivity (Wildman–Crippen MR) is 110 cm³/mol. The monoisotopic (exact) mass is 363 g/mol. The molecule has 140 valence electrons. The first-order chi connectivity index (χ1) is 13.1. The van der Waals surface area contributed by atoms with Crippen molar-refractivity contribution in [1.82, 2.24) is 10.3 Å². The molecule has 0 saturated carbocycles. The van der Waals surface area contributed by atoms with E-state index < -0.39 is 0 Å². The maximum Gasteiger partial charge on any atom is 0.256 e. The van der Waals surface area contributed by atoms with Gasteiger partial charge < -0.3 is 10.1 Å². The number of methoxy groups -OCH3 is 1. The second-order valence-corrected chi connectivity index (χ2v) is 5.88. The topological polar surface area (TPSA) is 63.6 Å². The summed E-state index contributed by atoms with van der Waals surface area (Å²) in [5, 5.41) is 2.91. The van der Waals surface area contributed by atoms with Gasteiger partial charge >= 0.3 is 0 Å². The molecule has 1 amide bonds. The number of aromatic nitrogens is 1. The molecule has 0 saturated heterocycles. The Morgan fingerprint density at radius 1 is 1.22 bits per heavy atom. The molecule has 0 fully saturated rings. The third-order valence-corrected chi connectivity index (χ3v) is 4.12. The number of rotatable bonds is 7. The van der Waals surface area contributed by atoms with E-state index in [0.29, 0.717) is 17.1 Å². The molecule has 1 N–H and O–H groups in total. The van der Waals surface area contributed by atoms with Crippen LogP contribution in [0.5, 0.6) is 5.75 Å². The minimum Gasteiger partial charge on any atom is -0.497 e. The van der Waals surface area contributed by atoms with Crippen molar-refractivity contribution in [1.29, 1.82) is 0 Å². The number of benzene rings is 1. The second kappa shape index (κ2) is 10.1. The van der Waals surface area contributed by atoms with E-state index in [1.54, 1.807) is 43.8 Å². The molecule has 0 unspecified atom stereocenters. The second-order valence-electron chi connectivity index (χ2n) is 5.88. The lowest BCUT2D eigenvalue weighted by molar-refractivity contribution is 0.0965. The highest BCUT2D eigenvalue weighted by atomic mass is 16.5. The van der Waals surface area contributed by atoms with Gasteiger partial charge in [-0.2, -0.15) is 0 Å². The molecule has 27 heavy (non-hydrogen) atoms. The van der Waals surface area contributed by atoms with Crippen molar-refractivity contribution in [2.24, 2.45) is 4.99 Å². The van der Waals surface area contributed by atoms with Crippen LogP contribution in [0.4, 0.5) is 0 Å². The van der Waals surface area contributed by atoms with E-state index in [1.807, 2.05) is 45.0 Å². The molecule has 5 heteroatoms. The molecule has 2 rings (SSSR count). The first-order valence-corrected chi connectivity index (χ1v) is 8.86. The number of hydrogen-bond acceptors (Lipinski definition) is 4. The fraction of sp³-hybridized carbons (Fsp3) is 0.227. The largest absolute Gasteiger partial charge is 0.497 e. The Hall–Kier alpha value is -3.21. The maximum atomic E-state index is 12.6. The lowest BCUT2D eigenvalue weighted by Gasteiger charge is -2.10. The van der Waals surface area contributed by atoms with Gasteiger partial charge in [0.25, 0.3) is 5.91 Å². The number of pyridine rings is 1. The van der Waals surface area contributed by atoms with Crippen molar-refractivity contribution >= 4 is 17.7 Å². The van der Waals surface area contributed by atoms with Crippen molar-refractivity contribution in [3.8, 4) is 5.75 Å². The summed E-state index contributed by atoms with van der Waals surface area (Å²) >= 11 is 0. The fourth-order valence-electron chi connectivity index (χ4n) is 2.29. The third-order valence-electron chi connectivity index (χ3n) is 4.12. The van der Waals surface area contributed by atoms with Gasteiger partial charge in [-0.15, -0.1) is 0 Å². The number of carbonyl (C=O) groups is 1. The highest BCUT2D eigenvalue weighted by Gasteiger charge is 2.09. The molecule has 0 aliphatic rings. The van der Waals surface area contributed by atoms with E-state index in [9.17, 15) is 4.79 Å². The van der Waals surface area contributed by atoms with Gasteiger partial charge in [0.1, 0.15) is 11.6 Å². The van der Waals surface area contributed by atoms with Gasteiger partial charge in [0.15, 0.2) is 0 Å². The number of amides is 1. The molecule has 5 nitrogen and oxygen atoms in total. The number of nitrogens with zero attached hydrogens (tertiary/aromatic N) is 2. The number of aliphatic imine (C=N–C) groups is 1. The molecule has 2 aromatic rings. The van der Waals surface area contributed by atoms with Crippen LogP contribution in [-0.4, -0.2) is 24.2 Å². The molecule has 1 heterocycles. The van der Waals surface area contributed by atoms with Crippen molar-refractivity contribution < 1.29 is 9.53 Å². The van der Waals surface area contributed by atoms with Crippen LogP contribution in [-0.2, 0) is 0 Å². The molecule has 1 aromatic heterocycles. The Morgan fingerprint density at radius 3 is 2.52 bits per heavy atom. The standard InChI is InChI=1S/C22H25N3O2/c1-5-16(3)21(24-15-17(6-2)20-9-7-8-14-23-20)25-22(26)18-10-12-19(27-4)13-11-18/h6-15H,5H2,1-4H3,(H,25,26)/b17-6+,21-16-,24-15-. The zero-order valence-electron chi connectivity index (χ0n) is 16.2. The van der Waals surface area contributed by atoms with E-state index in [-0.39, 0.29) is 5.91 Å². The Kier molecular flexibility index (Phi) is 7.49. The average molecular weight is 363 g/mol. The van der Waals surface area contributed by atoms with Crippen LogP contribution < -0.4 is 10.1 Å². The van der Waals surface area contributed by atoms with Crippen LogP contribution in [0, 0.1) is 0 Å². The summed E-state index contributed by atoms with van der Waals surface area (Å²) in [5.41, 5.74) is 3.25. The summed E-state index contributed by atoms with van der Waals surface area (Å²) in [5.74, 6) is 1.05. The Morgan fingerprint density at radius 2 is 1.96 bits per heavy atom. The minimum absolute atomic E-state index is 0.211. The first-order valence-electron chi connectivity index (χ1n) is 8.86. The third kappa shape index (κ3) is 5.64. The van der Waals surface area contributed by atoms with Crippen molar-refractivity contribution in [3.05, 3.63) is 77.4 Å². The van der Waals surface area contributed by atoms with Gasteiger partial charge in [0.2, 0.25) is 0 Å². The number of ether oxygens (including phenoxy) is 1. The van der Waals surface area contributed by atoms with Crippen molar-refractivity contribution in [3.63, 3.8) is 0 Å². The number of hydrogen-bond donors (Lipinski definition) is 1. The smallest absolute Gasteiger partial charge is 0.256 e. The van der Waals surface area contributed by atoms with Crippen LogP contribution >= 0.6 is 0 Å². The summed E-state index contributed by atoms with van der Waals surface area (Å²) in [7, 11) is 1.59. The maximum absolute atomic E-state index is 12.6. The lowest BCUT2D eigenvalue weighted by atomic mass is 10.1. The highest BCUT2D eigenvalue weighted by molar-refractivity contribution is 6.09. The van der Waals surface area contributed by atoms with E-state index in [4.69, 9.17) is 4.74 Å². The number of nitrogens with one attached hydrogen (secondary N) is 1. The van der Waals surface area contributed by atoms with Gasteiger partial charge in [0.05, 0.1) is 12.8 Å². The molecule has 0 radical (unpaired) electrons. The van der Waals surface area contributed by atoms with Gasteiger partial charge in [-0.1, -0.05) is 19.1 Å². The molecule has 0 aliphatic carbocycles. The molecule has 0 spiro atoms. The number of carbonyl (C=O) groups excluding carboxylic acids is 1. The number of allylic oxidation sites excluding steroid dienone is 3. The molecule has 0 atom stereocenters. The highest BCUT2D eigenvalue weighted by Crippen LogP contribution is 2.14. The van der Waals surface area contributed by atoms with E-state index in [0.717, 1.165) is 23.3 Å². The van der Waals surface area contributed by atoms with Crippen LogP contribution in [0.3, 0.4) is 0 Å². The lowest BCUT2D eigenvalue weighted by Crippen LogP contribution is -2.23. The normalized spacial score (nSPS) is 12.7. The minimum atomic E-state index is -0.211. The van der Waals surface area contributed by atoms with Crippen LogP contribution in [0.2, 0.25) is 0 Å². The summed E-state index contributed by atoms with van der Waals surface area (Å²) in [6.45, 7) is 5.92. The predicted octanol–water partition coefficient (Wildman–Crippen LogP) is 4.64. The Bertz CT molecular complexity index is 851. The molecular weight excluding hydrogens is 338 g/mol. The average Bonchev–Trinajstić information content (AvgIpc) is 2.73. The quantitative estimate of drug-likeness (QED) is 0.729. The van der Waals surface area contributed by atoms with Crippen molar-refractivity contribution in [2.75, 3.05) is 7.11 Å². The Labute approximate surface area is 160 Å². The van der Waals surface area contributed by atoms with E-state index >= 15 is 0 Å². The van der Waals surface area contributed by atoms with Gasteiger partial charge in [0, 0.05) is 23.5 Å². The van der Waals surface area contributed by atoms with Crippen LogP contribution in [0.15, 0.2) is 71.1 Å². The van der Waals surface area contributed by atoms with Gasteiger partial charge in [-0.3, -0.25) is 9.78 Å².